The third-order valence-corrected chi connectivity index (χ3v) is 5.66. The molecule has 2 aromatic carbocycles. The normalized spacial score (nSPS) is 10.0. The lowest BCUT2D eigenvalue weighted by atomic mass is 10.1. The van der Waals surface area contributed by atoms with Crippen molar-refractivity contribution in [2.24, 2.45) is 0 Å². The number of carboxylic acids is 1. The first-order chi connectivity index (χ1) is 17.8. The number of benzene rings is 2. The number of aryl methyl sites for hydroxylation is 1. The Morgan fingerprint density at radius 3 is 2.16 bits per heavy atom. The fraction of sp³-hybridized carbons (Fsp3) is 0.276. The Bertz CT molecular complexity index is 1330. The van der Waals surface area contributed by atoms with Crippen molar-refractivity contribution in [1.82, 2.24) is 15.0 Å². The molecule has 2 aromatic heterocycles. The van der Waals surface area contributed by atoms with Crippen molar-refractivity contribution in [2.45, 2.75) is 47.5 Å². The Hall–Kier alpha value is -3.84. The summed E-state index contributed by atoms with van der Waals surface area (Å²) in [5, 5.41) is 10.1. The van der Waals surface area contributed by atoms with E-state index in [0.29, 0.717) is 29.2 Å². The average molecular weight is 521 g/mol. The Morgan fingerprint density at radius 1 is 0.892 bits per heavy atom. The smallest absolute Gasteiger partial charge is 0.308 e. The molecule has 0 atom stereocenters. The van der Waals surface area contributed by atoms with Crippen LogP contribution in [0, 0.1) is 6.92 Å². The molecule has 0 bridgehead atoms. The van der Waals surface area contributed by atoms with Crippen molar-refractivity contribution >= 4 is 40.1 Å². The molecule has 0 aliphatic heterocycles. The Kier molecular flexibility index (Phi) is 11.2. The maximum absolute atomic E-state index is 12.9. The van der Waals surface area contributed by atoms with Gasteiger partial charge in [-0.05, 0) is 36.8 Å². The molecule has 7 nitrogen and oxygen atoms in total. The van der Waals surface area contributed by atoms with Gasteiger partial charge in [0.1, 0.15) is 16.7 Å². The van der Waals surface area contributed by atoms with Gasteiger partial charge in [0, 0.05) is 35.8 Å². The lowest BCUT2D eigenvalue weighted by Crippen LogP contribution is -2.27. The van der Waals surface area contributed by atoms with E-state index in [2.05, 4.69) is 15.0 Å². The highest BCUT2D eigenvalue weighted by Gasteiger charge is 2.16. The summed E-state index contributed by atoms with van der Waals surface area (Å²) in [6.45, 7) is 9.72. The van der Waals surface area contributed by atoms with Crippen LogP contribution >= 0.6 is 11.6 Å². The fourth-order valence-electron chi connectivity index (χ4n) is 3.54. The van der Waals surface area contributed by atoms with Gasteiger partial charge in [-0.1, -0.05) is 75.7 Å². The molecular formula is C29H33ClN4O3. The molecule has 194 valence electrons. The van der Waals surface area contributed by atoms with E-state index in [1.807, 2.05) is 82.3 Å². The van der Waals surface area contributed by atoms with Crippen molar-refractivity contribution < 1.29 is 14.7 Å². The van der Waals surface area contributed by atoms with Crippen LogP contribution in [0.15, 0.2) is 60.7 Å². The van der Waals surface area contributed by atoms with Crippen LogP contribution in [0.25, 0.3) is 10.9 Å². The Balaban J connectivity index is 0.00000115. The number of halogens is 1. The number of pyridine rings is 1. The van der Waals surface area contributed by atoms with Crippen LogP contribution in [-0.2, 0) is 17.6 Å². The van der Waals surface area contributed by atoms with Gasteiger partial charge in [0.2, 0.25) is 0 Å². The summed E-state index contributed by atoms with van der Waals surface area (Å²) in [5.41, 5.74) is 3.79. The number of para-hydroxylation sites is 1. The topological polar surface area (TPSA) is 96.3 Å². The van der Waals surface area contributed by atoms with E-state index < -0.39 is 5.97 Å². The molecule has 0 saturated carbocycles. The predicted molar refractivity (Wildman–Crippen MR) is 150 cm³/mol. The van der Waals surface area contributed by atoms with E-state index in [1.165, 1.54) is 0 Å². The summed E-state index contributed by atoms with van der Waals surface area (Å²) in [6.07, 6.45) is 0.212. The van der Waals surface area contributed by atoms with Gasteiger partial charge in [0.25, 0.3) is 5.91 Å². The van der Waals surface area contributed by atoms with E-state index in [1.54, 1.807) is 24.9 Å². The highest BCUT2D eigenvalue weighted by molar-refractivity contribution is 6.30. The van der Waals surface area contributed by atoms with Crippen molar-refractivity contribution in [3.63, 3.8) is 0 Å². The molecule has 4 aromatic rings. The van der Waals surface area contributed by atoms with E-state index in [4.69, 9.17) is 16.7 Å². The van der Waals surface area contributed by atoms with Gasteiger partial charge < -0.3 is 10.0 Å². The van der Waals surface area contributed by atoms with Crippen molar-refractivity contribution in [2.75, 3.05) is 11.9 Å². The number of carbonyl (C=O) groups is 2. The zero-order valence-electron chi connectivity index (χ0n) is 22.1. The number of aliphatic carboxylic acids is 1. The van der Waals surface area contributed by atoms with Gasteiger partial charge in [-0.2, -0.15) is 0 Å². The van der Waals surface area contributed by atoms with Gasteiger partial charge in [-0.3, -0.25) is 9.59 Å². The number of carbonyl (C=O) groups excluding carboxylic acids is 1. The minimum atomic E-state index is -0.982. The number of fused-ring (bicyclic) bond motifs is 1. The second-order valence-electron chi connectivity index (χ2n) is 7.66. The fourth-order valence-corrected chi connectivity index (χ4v) is 3.84. The Morgan fingerprint density at radius 2 is 1.54 bits per heavy atom. The van der Waals surface area contributed by atoms with Crippen molar-refractivity contribution in [3.8, 4) is 0 Å². The Labute approximate surface area is 223 Å². The first-order valence-corrected chi connectivity index (χ1v) is 12.7. The second-order valence-corrected chi connectivity index (χ2v) is 8.02. The van der Waals surface area contributed by atoms with Gasteiger partial charge in [-0.15, -0.1) is 0 Å². The van der Waals surface area contributed by atoms with Crippen LogP contribution in [-0.4, -0.2) is 39.0 Å². The number of anilines is 1. The summed E-state index contributed by atoms with van der Waals surface area (Å²) in [5.74, 6) is -0.679. The quantitative estimate of drug-likeness (QED) is 0.290. The van der Waals surface area contributed by atoms with Gasteiger partial charge >= 0.3 is 5.97 Å². The van der Waals surface area contributed by atoms with Crippen LogP contribution in [0.2, 0.25) is 5.15 Å². The molecule has 0 spiro atoms. The lowest BCUT2D eigenvalue weighted by Gasteiger charge is -2.17. The van der Waals surface area contributed by atoms with Crippen LogP contribution in [0.3, 0.4) is 0 Å². The molecule has 1 N–H and O–H groups in total. The minimum absolute atomic E-state index is 0.157. The number of amides is 1. The van der Waals surface area contributed by atoms with Crippen molar-refractivity contribution in [3.05, 3.63) is 94.2 Å². The number of rotatable bonds is 6. The highest BCUT2D eigenvalue weighted by atomic mass is 35.5. The monoisotopic (exact) mass is 520 g/mol. The first kappa shape index (κ1) is 29.4. The zero-order chi connectivity index (χ0) is 27.5. The molecule has 0 saturated heterocycles. The number of hydrogen-bond acceptors (Lipinski definition) is 5. The van der Waals surface area contributed by atoms with E-state index >= 15 is 0 Å². The van der Waals surface area contributed by atoms with E-state index in [-0.39, 0.29) is 17.5 Å². The van der Waals surface area contributed by atoms with Gasteiger partial charge in [0.15, 0.2) is 0 Å². The molecule has 0 fully saturated rings. The molecule has 0 aliphatic carbocycles. The summed E-state index contributed by atoms with van der Waals surface area (Å²) in [6, 6.07) is 18.8. The molecule has 37 heavy (non-hydrogen) atoms. The van der Waals surface area contributed by atoms with Gasteiger partial charge in [0.05, 0.1) is 11.9 Å². The van der Waals surface area contributed by atoms with E-state index in [9.17, 15) is 9.59 Å². The number of hydrogen-bond donors (Lipinski definition) is 1. The minimum Gasteiger partial charge on any atom is -0.481 e. The molecular weight excluding hydrogens is 488 g/mol. The molecule has 8 heteroatoms. The van der Waals surface area contributed by atoms with Crippen LogP contribution in [0.1, 0.15) is 60.8 Å². The largest absolute Gasteiger partial charge is 0.481 e. The standard InChI is InChI=1S/C25H21ClN4O3.2C2H6/c1-15-19(14-23(31)32)24(26)29-22(27-15)13-16-7-10-18(11-8-16)30(2)25(33)21-12-9-17-5-3-4-6-20(17)28-21;2*1-2/h3-12H,13-14H2,1-2H3,(H,31,32);2*1-2H3. The summed E-state index contributed by atoms with van der Waals surface area (Å²) >= 11 is 6.18. The summed E-state index contributed by atoms with van der Waals surface area (Å²) in [4.78, 5) is 38.6. The predicted octanol–water partition coefficient (Wildman–Crippen LogP) is 6.53. The van der Waals surface area contributed by atoms with E-state index in [0.717, 1.165) is 22.2 Å². The maximum atomic E-state index is 12.9. The summed E-state index contributed by atoms with van der Waals surface area (Å²) < 4.78 is 0. The first-order valence-electron chi connectivity index (χ1n) is 12.3. The number of carboxylic acid groups (broad SMARTS) is 1. The third kappa shape index (κ3) is 7.57. The lowest BCUT2D eigenvalue weighted by molar-refractivity contribution is -0.136. The van der Waals surface area contributed by atoms with Crippen LogP contribution in [0.5, 0.6) is 0 Å². The molecule has 0 aliphatic rings. The maximum Gasteiger partial charge on any atom is 0.308 e. The SMILES string of the molecule is CC.CC.Cc1nc(Cc2ccc(N(C)C(=O)c3ccc4ccccc4n3)cc2)nc(Cl)c1CC(=O)O. The molecule has 1 amide bonds. The molecule has 0 radical (unpaired) electrons. The molecule has 2 heterocycles. The third-order valence-electron chi connectivity index (χ3n) is 5.35. The highest BCUT2D eigenvalue weighted by Crippen LogP contribution is 2.21. The average Bonchev–Trinajstić information content (AvgIpc) is 2.92. The number of nitrogens with zero attached hydrogens (tertiary/aromatic N) is 4. The van der Waals surface area contributed by atoms with Gasteiger partial charge in [-0.25, -0.2) is 15.0 Å². The zero-order valence-corrected chi connectivity index (χ0v) is 22.9. The van der Waals surface area contributed by atoms with Crippen molar-refractivity contribution in [1.29, 1.82) is 0 Å². The number of aromatic nitrogens is 3. The molecule has 4 rings (SSSR count). The second kappa shape index (κ2) is 14.0. The summed E-state index contributed by atoms with van der Waals surface area (Å²) in [7, 11) is 1.71. The molecule has 0 unspecified atom stereocenters. The van der Waals surface area contributed by atoms with Crippen LogP contribution < -0.4 is 4.90 Å². The van der Waals surface area contributed by atoms with Crippen LogP contribution in [0.4, 0.5) is 5.69 Å².